The number of amides is 1. The van der Waals surface area contributed by atoms with Crippen LogP contribution in [0.1, 0.15) is 36.0 Å². The van der Waals surface area contributed by atoms with Crippen molar-refractivity contribution < 1.29 is 9.53 Å². The maximum absolute atomic E-state index is 11.8. The molecule has 0 aliphatic heterocycles. The number of ether oxygens (including phenoxy) is 1. The Morgan fingerprint density at radius 3 is 2.67 bits per heavy atom. The first-order valence-corrected chi connectivity index (χ1v) is 8.12. The molecule has 0 spiro atoms. The van der Waals surface area contributed by atoms with Crippen molar-refractivity contribution in [2.24, 2.45) is 5.10 Å². The Morgan fingerprint density at radius 2 is 1.92 bits per heavy atom. The third-order valence-electron chi connectivity index (χ3n) is 4.02. The van der Waals surface area contributed by atoms with E-state index in [1.165, 1.54) is 5.56 Å². The lowest BCUT2D eigenvalue weighted by atomic mass is 9.99. The summed E-state index contributed by atoms with van der Waals surface area (Å²) < 4.78 is 5.54. The van der Waals surface area contributed by atoms with Crippen molar-refractivity contribution in [3.63, 3.8) is 0 Å². The number of aryl methyl sites for hydroxylation is 1. The number of rotatable bonds is 7. The molecule has 0 unspecified atom stereocenters. The quantitative estimate of drug-likeness (QED) is 0.619. The molecule has 0 saturated heterocycles. The molecule has 2 aromatic rings. The van der Waals surface area contributed by atoms with Crippen LogP contribution in [0.2, 0.25) is 0 Å². The van der Waals surface area contributed by atoms with Crippen molar-refractivity contribution in [1.82, 2.24) is 5.43 Å². The minimum Gasteiger partial charge on any atom is -0.483 e. The summed E-state index contributed by atoms with van der Waals surface area (Å²) in [6.45, 7) is 6.08. The molecule has 0 fully saturated rings. The summed E-state index contributed by atoms with van der Waals surface area (Å²) in [7, 11) is 0. The molecule has 2 aromatic carbocycles. The second-order valence-electron chi connectivity index (χ2n) is 5.88. The third kappa shape index (κ3) is 5.23. The molecule has 1 N–H and O–H groups in total. The summed E-state index contributed by atoms with van der Waals surface area (Å²) >= 11 is 0. The van der Waals surface area contributed by atoms with Gasteiger partial charge in [-0.1, -0.05) is 49.4 Å². The highest BCUT2D eigenvalue weighted by molar-refractivity contribution is 5.78. The molecule has 4 heteroatoms. The van der Waals surface area contributed by atoms with E-state index in [-0.39, 0.29) is 12.5 Å². The van der Waals surface area contributed by atoms with Gasteiger partial charge in [-0.05, 0) is 48.9 Å². The number of hydrazone groups is 1. The van der Waals surface area contributed by atoms with E-state index in [4.69, 9.17) is 4.74 Å². The average Bonchev–Trinajstić information content (AvgIpc) is 2.60. The minimum atomic E-state index is -0.264. The summed E-state index contributed by atoms with van der Waals surface area (Å²) in [6, 6.07) is 16.0. The van der Waals surface area contributed by atoms with E-state index < -0.39 is 0 Å². The van der Waals surface area contributed by atoms with E-state index in [9.17, 15) is 4.79 Å². The number of nitrogens with zero attached hydrogens (tertiary/aromatic N) is 1. The van der Waals surface area contributed by atoms with Gasteiger partial charge in [-0.25, -0.2) is 5.43 Å². The predicted molar refractivity (Wildman–Crippen MR) is 97.5 cm³/mol. The van der Waals surface area contributed by atoms with Crippen molar-refractivity contribution in [1.29, 1.82) is 0 Å². The highest BCUT2D eigenvalue weighted by Crippen LogP contribution is 2.20. The average molecular weight is 324 g/mol. The second-order valence-corrected chi connectivity index (χ2v) is 5.88. The molecule has 0 bridgehead atoms. The zero-order valence-electron chi connectivity index (χ0n) is 14.5. The lowest BCUT2D eigenvalue weighted by molar-refractivity contribution is -0.123. The Hall–Kier alpha value is -2.62. The van der Waals surface area contributed by atoms with Gasteiger partial charge in [0.05, 0.1) is 0 Å². The van der Waals surface area contributed by atoms with Crippen molar-refractivity contribution in [2.75, 3.05) is 6.61 Å². The summed E-state index contributed by atoms with van der Waals surface area (Å²) in [4.78, 5) is 11.8. The molecular formula is C20H24N2O2. The molecule has 0 aliphatic carbocycles. The Bertz CT molecular complexity index is 696. The molecule has 4 nitrogen and oxygen atoms in total. The van der Waals surface area contributed by atoms with E-state index in [1.54, 1.807) is 6.21 Å². The van der Waals surface area contributed by atoms with Gasteiger partial charge in [0.25, 0.3) is 5.91 Å². The number of nitrogens with one attached hydrogen (secondary N) is 1. The van der Waals surface area contributed by atoms with E-state index in [1.807, 2.05) is 50.2 Å². The zero-order valence-corrected chi connectivity index (χ0v) is 14.5. The van der Waals surface area contributed by atoms with Crippen LogP contribution < -0.4 is 10.2 Å². The molecular weight excluding hydrogens is 300 g/mol. The van der Waals surface area contributed by atoms with Crippen LogP contribution in [0.4, 0.5) is 0 Å². The summed E-state index contributed by atoms with van der Waals surface area (Å²) in [5.41, 5.74) is 5.94. The van der Waals surface area contributed by atoms with E-state index in [0.717, 1.165) is 23.3 Å². The van der Waals surface area contributed by atoms with E-state index in [0.29, 0.717) is 5.92 Å². The summed E-state index contributed by atoms with van der Waals surface area (Å²) in [5, 5.41) is 3.98. The Kier molecular flexibility index (Phi) is 6.55. The fourth-order valence-electron chi connectivity index (χ4n) is 2.30. The topological polar surface area (TPSA) is 50.7 Å². The Balaban J connectivity index is 1.74. The maximum atomic E-state index is 11.8. The van der Waals surface area contributed by atoms with Gasteiger partial charge in [-0.15, -0.1) is 0 Å². The van der Waals surface area contributed by atoms with Crippen molar-refractivity contribution in [2.45, 2.75) is 33.1 Å². The molecule has 24 heavy (non-hydrogen) atoms. The summed E-state index contributed by atoms with van der Waals surface area (Å²) in [6.07, 6.45) is 2.50. The van der Waals surface area contributed by atoms with Crippen molar-refractivity contribution >= 4 is 12.1 Å². The number of benzene rings is 2. The van der Waals surface area contributed by atoms with Crippen LogP contribution in [0.5, 0.6) is 5.75 Å². The lowest BCUT2D eigenvalue weighted by Gasteiger charge is -2.10. The predicted octanol–water partition coefficient (Wildman–Crippen LogP) is 3.98. The molecule has 0 saturated carbocycles. The van der Waals surface area contributed by atoms with Crippen LogP contribution in [-0.4, -0.2) is 18.7 Å². The molecule has 0 aromatic heterocycles. The van der Waals surface area contributed by atoms with E-state index >= 15 is 0 Å². The van der Waals surface area contributed by atoms with Crippen LogP contribution >= 0.6 is 0 Å². The van der Waals surface area contributed by atoms with Gasteiger partial charge in [-0.2, -0.15) is 5.10 Å². The Morgan fingerprint density at radius 1 is 1.17 bits per heavy atom. The largest absolute Gasteiger partial charge is 0.483 e. The van der Waals surface area contributed by atoms with Crippen LogP contribution in [0.3, 0.4) is 0 Å². The van der Waals surface area contributed by atoms with Crippen molar-refractivity contribution in [3.05, 3.63) is 65.2 Å². The summed E-state index contributed by atoms with van der Waals surface area (Å²) in [5.74, 6) is 0.824. The van der Waals surface area contributed by atoms with Crippen LogP contribution in [0.25, 0.3) is 0 Å². The van der Waals surface area contributed by atoms with Gasteiger partial charge < -0.3 is 4.74 Å². The standard InChI is InChI=1S/C20H24N2O2/c1-15-8-7-11-19(17(15)3)24-14-20(23)22-21-13-12-16(2)18-9-5-4-6-10-18/h4-11,13,16H,12,14H2,1-3H3,(H,22,23)/t16-/m1/s1. The van der Waals surface area contributed by atoms with Crippen LogP contribution in [-0.2, 0) is 4.79 Å². The maximum Gasteiger partial charge on any atom is 0.277 e. The lowest BCUT2D eigenvalue weighted by Crippen LogP contribution is -2.24. The third-order valence-corrected chi connectivity index (χ3v) is 4.02. The highest BCUT2D eigenvalue weighted by atomic mass is 16.5. The minimum absolute atomic E-state index is 0.0458. The van der Waals surface area contributed by atoms with Gasteiger partial charge in [0.1, 0.15) is 5.75 Å². The van der Waals surface area contributed by atoms with Gasteiger partial charge in [0.15, 0.2) is 6.61 Å². The fourth-order valence-corrected chi connectivity index (χ4v) is 2.30. The monoisotopic (exact) mass is 324 g/mol. The SMILES string of the molecule is Cc1cccc(OCC(=O)NN=CC[C@@H](C)c2ccccc2)c1C. The van der Waals surface area contributed by atoms with Crippen molar-refractivity contribution in [3.8, 4) is 5.75 Å². The van der Waals surface area contributed by atoms with E-state index in [2.05, 4.69) is 29.6 Å². The Labute approximate surface area is 143 Å². The number of hydrogen-bond donors (Lipinski definition) is 1. The first-order chi connectivity index (χ1) is 11.6. The normalized spacial score (nSPS) is 12.1. The van der Waals surface area contributed by atoms with Gasteiger partial charge in [-0.3, -0.25) is 4.79 Å². The molecule has 0 heterocycles. The van der Waals surface area contributed by atoms with Gasteiger partial charge in [0, 0.05) is 6.21 Å². The smallest absolute Gasteiger partial charge is 0.277 e. The molecule has 1 atom stereocenters. The number of carbonyl (C=O) groups is 1. The zero-order chi connectivity index (χ0) is 17.4. The molecule has 1 amide bonds. The first kappa shape index (κ1) is 17.7. The number of hydrogen-bond acceptors (Lipinski definition) is 3. The fraction of sp³-hybridized carbons (Fsp3) is 0.300. The van der Waals surface area contributed by atoms with Crippen LogP contribution in [0, 0.1) is 13.8 Å². The van der Waals surface area contributed by atoms with Gasteiger partial charge in [0.2, 0.25) is 0 Å². The molecule has 2 rings (SSSR count). The highest BCUT2D eigenvalue weighted by Gasteiger charge is 2.06. The second kappa shape index (κ2) is 8.87. The molecule has 0 radical (unpaired) electrons. The first-order valence-electron chi connectivity index (χ1n) is 8.12. The van der Waals surface area contributed by atoms with Crippen LogP contribution in [0.15, 0.2) is 53.6 Å². The van der Waals surface area contributed by atoms with Gasteiger partial charge >= 0.3 is 0 Å². The molecule has 0 aliphatic rings. The number of carbonyl (C=O) groups excluding carboxylic acids is 1. The molecule has 126 valence electrons.